The van der Waals surface area contributed by atoms with Gasteiger partial charge in [0.25, 0.3) is 0 Å². The Morgan fingerprint density at radius 3 is 2.47 bits per heavy atom. The van der Waals surface area contributed by atoms with E-state index in [0.29, 0.717) is 5.90 Å². The maximum absolute atomic E-state index is 11.5. The van der Waals surface area contributed by atoms with Gasteiger partial charge in [0.15, 0.2) is 6.23 Å². The van der Waals surface area contributed by atoms with Crippen LogP contribution in [0, 0.1) is 5.92 Å². The summed E-state index contributed by atoms with van der Waals surface area (Å²) in [4.78, 5) is 11.5. The molecule has 0 bridgehead atoms. The third kappa shape index (κ3) is 2.30. The van der Waals surface area contributed by atoms with Crippen LogP contribution < -0.4 is 0 Å². The molecule has 1 atom stereocenters. The second kappa shape index (κ2) is 4.57. The number of amides is 1. The van der Waals surface area contributed by atoms with Crippen molar-refractivity contribution in [3.8, 4) is 0 Å². The van der Waals surface area contributed by atoms with E-state index >= 15 is 0 Å². The molecular weight excluding hydrogens is 216 g/mol. The second-order valence-corrected chi connectivity index (χ2v) is 4.39. The van der Waals surface area contributed by atoms with Crippen LogP contribution in [0.2, 0.25) is 0 Å². The van der Waals surface area contributed by atoms with Crippen LogP contribution in [-0.2, 0) is 9.53 Å². The molecule has 1 aliphatic heterocycles. The zero-order valence-corrected chi connectivity index (χ0v) is 10.3. The molecule has 0 aliphatic carbocycles. The molecule has 0 fully saturated rings. The predicted octanol–water partition coefficient (Wildman–Crippen LogP) is 2.21. The number of carbonyl (C=O) groups is 1. The third-order valence-electron chi connectivity index (χ3n) is 2.59. The summed E-state index contributed by atoms with van der Waals surface area (Å²) in [5.41, 5.74) is 0.891. The Labute approximate surface area is 101 Å². The summed E-state index contributed by atoms with van der Waals surface area (Å²) >= 11 is 0. The molecule has 1 heterocycles. The Morgan fingerprint density at radius 1 is 1.35 bits per heavy atom. The lowest BCUT2D eigenvalue weighted by atomic mass is 10.2. The fourth-order valence-corrected chi connectivity index (χ4v) is 1.72. The topological polar surface area (TPSA) is 41.9 Å². The van der Waals surface area contributed by atoms with Crippen LogP contribution in [-0.4, -0.2) is 23.0 Å². The number of hydrogen-bond donors (Lipinski definition) is 0. The minimum Gasteiger partial charge on any atom is -0.450 e. The Morgan fingerprint density at radius 2 is 2.00 bits per heavy atom. The maximum Gasteiger partial charge on any atom is 0.242 e. The number of rotatable bonds is 2. The molecule has 4 nitrogen and oxygen atoms in total. The molecule has 17 heavy (non-hydrogen) atoms. The quantitative estimate of drug-likeness (QED) is 0.784. The summed E-state index contributed by atoms with van der Waals surface area (Å²) in [6, 6.07) is 9.60. The van der Waals surface area contributed by atoms with Gasteiger partial charge in [0.1, 0.15) is 0 Å². The fourth-order valence-electron chi connectivity index (χ4n) is 1.72. The molecule has 2 rings (SSSR count). The van der Waals surface area contributed by atoms with Crippen LogP contribution in [0.5, 0.6) is 0 Å². The Balaban J connectivity index is 2.27. The number of carbonyl (C=O) groups excluding carboxylic acids is 1. The molecule has 0 spiro atoms. The molecular formula is C13H16N2O2. The molecule has 4 heteroatoms. The van der Waals surface area contributed by atoms with Crippen LogP contribution in [0.25, 0.3) is 0 Å². The molecule has 0 radical (unpaired) electrons. The van der Waals surface area contributed by atoms with Crippen LogP contribution in [0.15, 0.2) is 35.4 Å². The second-order valence-electron chi connectivity index (χ2n) is 4.39. The van der Waals surface area contributed by atoms with E-state index in [-0.39, 0.29) is 18.1 Å². The van der Waals surface area contributed by atoms with E-state index < -0.39 is 0 Å². The van der Waals surface area contributed by atoms with Crippen LogP contribution in [0.1, 0.15) is 26.3 Å². The summed E-state index contributed by atoms with van der Waals surface area (Å²) < 4.78 is 5.74. The molecule has 0 saturated heterocycles. The van der Waals surface area contributed by atoms with Gasteiger partial charge in [0, 0.05) is 18.4 Å². The van der Waals surface area contributed by atoms with E-state index in [1.54, 1.807) is 0 Å². The van der Waals surface area contributed by atoms with Gasteiger partial charge in [-0.05, 0) is 12.1 Å². The first-order chi connectivity index (χ1) is 8.09. The number of hydrazone groups is 1. The van der Waals surface area contributed by atoms with E-state index in [1.807, 2.05) is 44.2 Å². The number of hydrogen-bond acceptors (Lipinski definition) is 3. The Hall–Kier alpha value is -1.84. The third-order valence-corrected chi connectivity index (χ3v) is 2.59. The SMILES string of the molecule is CC(=O)N1N=C(c2ccccc2)O[C@H]1C(C)C. The van der Waals surface area contributed by atoms with Crippen molar-refractivity contribution >= 4 is 11.8 Å². The van der Waals surface area contributed by atoms with Crippen molar-refractivity contribution in [1.29, 1.82) is 0 Å². The largest absolute Gasteiger partial charge is 0.450 e. The highest BCUT2D eigenvalue weighted by atomic mass is 16.5. The van der Waals surface area contributed by atoms with Crippen molar-refractivity contribution in [2.75, 3.05) is 0 Å². The lowest BCUT2D eigenvalue weighted by molar-refractivity contribution is -0.137. The summed E-state index contributed by atoms with van der Waals surface area (Å²) in [6.07, 6.45) is -0.303. The Kier molecular flexibility index (Phi) is 3.13. The van der Waals surface area contributed by atoms with Crippen molar-refractivity contribution in [2.24, 2.45) is 11.0 Å². The minimum atomic E-state index is -0.303. The predicted molar refractivity (Wildman–Crippen MR) is 65.2 cm³/mol. The molecule has 1 aromatic rings. The van der Waals surface area contributed by atoms with Gasteiger partial charge in [-0.25, -0.2) is 0 Å². The first-order valence-electron chi connectivity index (χ1n) is 5.70. The van der Waals surface area contributed by atoms with E-state index in [2.05, 4.69) is 5.10 Å². The highest BCUT2D eigenvalue weighted by molar-refractivity contribution is 5.96. The first-order valence-corrected chi connectivity index (χ1v) is 5.70. The molecule has 0 unspecified atom stereocenters. The average molecular weight is 232 g/mol. The molecule has 1 aromatic carbocycles. The lowest BCUT2D eigenvalue weighted by Crippen LogP contribution is -2.36. The van der Waals surface area contributed by atoms with E-state index in [9.17, 15) is 4.79 Å². The van der Waals surface area contributed by atoms with Crippen molar-refractivity contribution in [3.63, 3.8) is 0 Å². The van der Waals surface area contributed by atoms with Crippen molar-refractivity contribution < 1.29 is 9.53 Å². The first kappa shape index (κ1) is 11.6. The zero-order chi connectivity index (χ0) is 12.4. The van der Waals surface area contributed by atoms with Gasteiger partial charge in [0.2, 0.25) is 11.8 Å². The average Bonchev–Trinajstić information content (AvgIpc) is 2.75. The maximum atomic E-state index is 11.5. The summed E-state index contributed by atoms with van der Waals surface area (Å²) in [7, 11) is 0. The molecule has 1 amide bonds. The minimum absolute atomic E-state index is 0.102. The standard InChI is InChI=1S/C13H16N2O2/c1-9(2)13-15(10(3)16)14-12(17-13)11-7-5-4-6-8-11/h4-9,13H,1-3H3/t13-/m0/s1. The molecule has 90 valence electrons. The van der Waals surface area contributed by atoms with E-state index in [4.69, 9.17) is 4.74 Å². The number of nitrogens with zero attached hydrogens (tertiary/aromatic N) is 2. The smallest absolute Gasteiger partial charge is 0.242 e. The van der Waals surface area contributed by atoms with Crippen LogP contribution >= 0.6 is 0 Å². The molecule has 0 saturated carbocycles. The van der Waals surface area contributed by atoms with Crippen molar-refractivity contribution in [2.45, 2.75) is 27.0 Å². The monoisotopic (exact) mass is 232 g/mol. The normalized spacial score (nSPS) is 19.2. The molecule has 0 N–H and O–H groups in total. The van der Waals surface area contributed by atoms with Gasteiger partial charge in [0.05, 0.1) is 0 Å². The highest BCUT2D eigenvalue weighted by Gasteiger charge is 2.33. The number of ether oxygens (including phenoxy) is 1. The van der Waals surface area contributed by atoms with E-state index in [0.717, 1.165) is 5.56 Å². The van der Waals surface area contributed by atoms with Gasteiger partial charge in [-0.3, -0.25) is 4.79 Å². The summed E-state index contributed by atoms with van der Waals surface area (Å²) in [6.45, 7) is 5.50. The zero-order valence-electron chi connectivity index (χ0n) is 10.3. The van der Waals surface area contributed by atoms with Gasteiger partial charge >= 0.3 is 0 Å². The fraction of sp³-hybridized carbons (Fsp3) is 0.385. The highest BCUT2D eigenvalue weighted by Crippen LogP contribution is 2.22. The van der Waals surface area contributed by atoms with Gasteiger partial charge in [-0.15, -0.1) is 5.10 Å². The van der Waals surface area contributed by atoms with Crippen LogP contribution in [0.4, 0.5) is 0 Å². The van der Waals surface area contributed by atoms with Gasteiger partial charge in [-0.1, -0.05) is 32.0 Å². The molecule has 0 aromatic heterocycles. The van der Waals surface area contributed by atoms with Gasteiger partial charge in [-0.2, -0.15) is 5.01 Å². The van der Waals surface area contributed by atoms with E-state index in [1.165, 1.54) is 11.9 Å². The summed E-state index contributed by atoms with van der Waals surface area (Å²) in [5.74, 6) is 0.609. The molecule has 1 aliphatic rings. The number of benzene rings is 1. The lowest BCUT2D eigenvalue weighted by Gasteiger charge is -2.21. The van der Waals surface area contributed by atoms with Crippen molar-refractivity contribution in [1.82, 2.24) is 5.01 Å². The van der Waals surface area contributed by atoms with Gasteiger partial charge < -0.3 is 4.74 Å². The van der Waals surface area contributed by atoms with Crippen LogP contribution in [0.3, 0.4) is 0 Å². The summed E-state index contributed by atoms with van der Waals surface area (Å²) in [5, 5.41) is 5.65. The van der Waals surface area contributed by atoms with Crippen molar-refractivity contribution in [3.05, 3.63) is 35.9 Å². The Bertz CT molecular complexity index is 440.